The number of nitrogens with one attached hydrogen (secondary N) is 2. The molecule has 1 aromatic carbocycles. The first-order valence-corrected chi connectivity index (χ1v) is 9.45. The Morgan fingerprint density at radius 2 is 1.67 bits per heavy atom. The van der Waals surface area contributed by atoms with Gasteiger partial charge in [0.25, 0.3) is 5.91 Å². The van der Waals surface area contributed by atoms with Gasteiger partial charge in [0.05, 0.1) is 26.1 Å². The molecule has 144 valence electrons. The molecule has 1 aliphatic carbocycles. The zero-order valence-electron chi connectivity index (χ0n) is 16.0. The van der Waals surface area contributed by atoms with E-state index in [1.807, 2.05) is 12.1 Å². The van der Waals surface area contributed by atoms with Crippen LogP contribution in [0.15, 0.2) is 36.5 Å². The topological polar surface area (TPSA) is 72.5 Å². The number of carbonyl (C=O) groups is 1. The van der Waals surface area contributed by atoms with E-state index in [2.05, 4.69) is 15.6 Å². The van der Waals surface area contributed by atoms with Gasteiger partial charge in [-0.2, -0.15) is 0 Å². The van der Waals surface area contributed by atoms with Gasteiger partial charge in [-0.05, 0) is 37.1 Å². The number of anilines is 2. The minimum Gasteiger partial charge on any atom is -0.497 e. The molecule has 1 aromatic heterocycles. The van der Waals surface area contributed by atoms with Crippen LogP contribution in [0.1, 0.15) is 48.9 Å². The molecule has 2 N–H and O–H groups in total. The third-order valence-corrected chi connectivity index (χ3v) is 4.84. The van der Waals surface area contributed by atoms with Crippen molar-refractivity contribution in [2.24, 2.45) is 0 Å². The lowest BCUT2D eigenvalue weighted by molar-refractivity contribution is 0.102. The van der Waals surface area contributed by atoms with E-state index in [1.165, 1.54) is 38.5 Å². The third-order valence-electron chi connectivity index (χ3n) is 4.84. The van der Waals surface area contributed by atoms with E-state index in [-0.39, 0.29) is 5.91 Å². The van der Waals surface area contributed by atoms with Crippen molar-refractivity contribution < 1.29 is 14.3 Å². The van der Waals surface area contributed by atoms with E-state index in [0.29, 0.717) is 28.9 Å². The van der Waals surface area contributed by atoms with E-state index in [1.54, 1.807) is 38.6 Å². The van der Waals surface area contributed by atoms with Crippen molar-refractivity contribution >= 4 is 17.4 Å². The predicted octanol–water partition coefficient (Wildman–Crippen LogP) is 4.49. The molecule has 0 saturated heterocycles. The minimum atomic E-state index is -0.260. The van der Waals surface area contributed by atoms with Crippen LogP contribution in [-0.4, -0.2) is 31.2 Å². The smallest absolute Gasteiger partial charge is 0.257 e. The largest absolute Gasteiger partial charge is 0.497 e. The summed E-state index contributed by atoms with van der Waals surface area (Å²) >= 11 is 0. The minimum absolute atomic E-state index is 0.260. The van der Waals surface area contributed by atoms with Gasteiger partial charge < -0.3 is 20.1 Å². The molecular formula is C21H27N3O3. The molecule has 3 rings (SSSR count). The van der Waals surface area contributed by atoms with Gasteiger partial charge in [0, 0.05) is 17.7 Å². The van der Waals surface area contributed by atoms with Crippen molar-refractivity contribution in [3.63, 3.8) is 0 Å². The number of aromatic nitrogens is 1. The van der Waals surface area contributed by atoms with Crippen LogP contribution in [-0.2, 0) is 0 Å². The Bertz CT molecular complexity index is 732. The molecule has 1 fully saturated rings. The summed E-state index contributed by atoms with van der Waals surface area (Å²) in [5.74, 6) is 1.38. The van der Waals surface area contributed by atoms with Gasteiger partial charge in [0.1, 0.15) is 17.3 Å². The maximum atomic E-state index is 12.5. The fourth-order valence-electron chi connectivity index (χ4n) is 3.34. The molecule has 0 spiro atoms. The summed E-state index contributed by atoms with van der Waals surface area (Å²) in [4.78, 5) is 16.9. The molecular weight excluding hydrogens is 342 g/mol. The predicted molar refractivity (Wildman–Crippen MR) is 107 cm³/mol. The summed E-state index contributed by atoms with van der Waals surface area (Å²) in [5, 5.41) is 6.37. The zero-order valence-corrected chi connectivity index (χ0v) is 16.0. The van der Waals surface area contributed by atoms with E-state index in [9.17, 15) is 4.79 Å². The Balaban J connectivity index is 1.63. The highest BCUT2D eigenvalue weighted by molar-refractivity contribution is 6.04. The lowest BCUT2D eigenvalue weighted by atomic mass is 10.1. The van der Waals surface area contributed by atoms with Crippen LogP contribution >= 0.6 is 0 Å². The molecule has 6 nitrogen and oxygen atoms in total. The number of benzene rings is 1. The molecule has 0 bridgehead atoms. The van der Waals surface area contributed by atoms with Crippen molar-refractivity contribution in [2.45, 2.75) is 44.6 Å². The molecule has 6 heteroatoms. The molecule has 0 radical (unpaired) electrons. The molecule has 2 aromatic rings. The maximum Gasteiger partial charge on any atom is 0.257 e. The number of rotatable bonds is 6. The van der Waals surface area contributed by atoms with E-state index in [4.69, 9.17) is 9.47 Å². The highest BCUT2D eigenvalue weighted by atomic mass is 16.5. The van der Waals surface area contributed by atoms with E-state index < -0.39 is 0 Å². The number of ether oxygens (including phenoxy) is 2. The Labute approximate surface area is 160 Å². The Kier molecular flexibility index (Phi) is 6.52. The highest BCUT2D eigenvalue weighted by Crippen LogP contribution is 2.24. The van der Waals surface area contributed by atoms with Crippen LogP contribution in [0, 0.1) is 0 Å². The van der Waals surface area contributed by atoms with Crippen LogP contribution in [0.4, 0.5) is 11.5 Å². The number of hydrogen-bond donors (Lipinski definition) is 2. The van der Waals surface area contributed by atoms with E-state index >= 15 is 0 Å². The Morgan fingerprint density at radius 1 is 1.00 bits per heavy atom. The lowest BCUT2D eigenvalue weighted by Crippen LogP contribution is -2.18. The molecule has 0 atom stereocenters. The molecule has 0 aliphatic heterocycles. The standard InChI is InChI=1S/C21H27N3O3/c1-26-18-11-15(12-19(13-18)27-2)21(25)24-20-10-9-17(14-22-20)23-16-7-5-3-4-6-8-16/h9-14,16,23H,3-8H2,1-2H3,(H,22,24,25). The second-order valence-corrected chi connectivity index (χ2v) is 6.82. The van der Waals surface area contributed by atoms with Gasteiger partial charge in [-0.1, -0.05) is 25.7 Å². The number of nitrogens with zero attached hydrogens (tertiary/aromatic N) is 1. The normalized spacial score (nSPS) is 14.9. The average Bonchev–Trinajstić information content (AvgIpc) is 2.97. The maximum absolute atomic E-state index is 12.5. The average molecular weight is 369 g/mol. The number of methoxy groups -OCH3 is 2. The lowest BCUT2D eigenvalue weighted by Gasteiger charge is -2.17. The fraction of sp³-hybridized carbons (Fsp3) is 0.429. The first-order valence-electron chi connectivity index (χ1n) is 9.45. The highest BCUT2D eigenvalue weighted by Gasteiger charge is 2.13. The van der Waals surface area contributed by atoms with Gasteiger partial charge >= 0.3 is 0 Å². The summed E-state index contributed by atoms with van der Waals surface area (Å²) in [6.07, 6.45) is 9.40. The van der Waals surface area contributed by atoms with Crippen LogP contribution in [0.3, 0.4) is 0 Å². The van der Waals surface area contributed by atoms with Crippen LogP contribution in [0.2, 0.25) is 0 Å². The second kappa shape index (κ2) is 9.26. The van der Waals surface area contributed by atoms with Crippen molar-refractivity contribution in [3.8, 4) is 11.5 Å². The zero-order chi connectivity index (χ0) is 19.1. The number of pyridine rings is 1. The van der Waals surface area contributed by atoms with Gasteiger partial charge in [-0.25, -0.2) is 4.98 Å². The first kappa shape index (κ1) is 19.0. The van der Waals surface area contributed by atoms with Gasteiger partial charge in [0.15, 0.2) is 0 Å². The molecule has 1 saturated carbocycles. The van der Waals surface area contributed by atoms with Crippen LogP contribution in [0.25, 0.3) is 0 Å². The SMILES string of the molecule is COc1cc(OC)cc(C(=O)Nc2ccc(NC3CCCCCC3)cn2)c1. The fourth-order valence-corrected chi connectivity index (χ4v) is 3.34. The number of hydrogen-bond acceptors (Lipinski definition) is 5. The molecule has 1 heterocycles. The summed E-state index contributed by atoms with van der Waals surface area (Å²) in [7, 11) is 3.11. The van der Waals surface area contributed by atoms with Crippen LogP contribution < -0.4 is 20.1 Å². The number of carbonyl (C=O) groups excluding carboxylic acids is 1. The quantitative estimate of drug-likeness (QED) is 0.734. The molecule has 0 unspecified atom stereocenters. The summed E-state index contributed by atoms with van der Waals surface area (Å²) < 4.78 is 10.4. The summed E-state index contributed by atoms with van der Waals surface area (Å²) in [6, 6.07) is 9.34. The molecule has 1 amide bonds. The summed E-state index contributed by atoms with van der Waals surface area (Å²) in [5.41, 5.74) is 1.44. The first-order chi connectivity index (χ1) is 13.2. The monoisotopic (exact) mass is 369 g/mol. The Morgan fingerprint density at radius 3 is 2.22 bits per heavy atom. The number of amides is 1. The van der Waals surface area contributed by atoms with E-state index in [0.717, 1.165) is 5.69 Å². The van der Waals surface area contributed by atoms with Crippen LogP contribution in [0.5, 0.6) is 11.5 Å². The molecule has 27 heavy (non-hydrogen) atoms. The van der Waals surface area contributed by atoms with Gasteiger partial charge in [-0.15, -0.1) is 0 Å². The Hall–Kier alpha value is -2.76. The van der Waals surface area contributed by atoms with Gasteiger partial charge in [0.2, 0.25) is 0 Å². The van der Waals surface area contributed by atoms with Crippen molar-refractivity contribution in [1.29, 1.82) is 0 Å². The van der Waals surface area contributed by atoms with Gasteiger partial charge in [-0.3, -0.25) is 4.79 Å². The van der Waals surface area contributed by atoms with Crippen molar-refractivity contribution in [3.05, 3.63) is 42.1 Å². The molecule has 1 aliphatic rings. The van der Waals surface area contributed by atoms with Crippen molar-refractivity contribution in [1.82, 2.24) is 4.98 Å². The van der Waals surface area contributed by atoms with Crippen molar-refractivity contribution in [2.75, 3.05) is 24.9 Å². The second-order valence-electron chi connectivity index (χ2n) is 6.82. The summed E-state index contributed by atoms with van der Waals surface area (Å²) in [6.45, 7) is 0. The third kappa shape index (κ3) is 5.36.